The van der Waals surface area contributed by atoms with Crippen LogP contribution in [0, 0.1) is 17.8 Å². The van der Waals surface area contributed by atoms with Gasteiger partial charge in [-0.15, -0.1) is 11.3 Å². The predicted molar refractivity (Wildman–Crippen MR) is 255 cm³/mol. The molecule has 2 atom stereocenters. The number of anilines is 6. The average molecular weight is 791 g/mol. The summed E-state index contributed by atoms with van der Waals surface area (Å²) < 4.78 is 2.63. The van der Waals surface area contributed by atoms with Crippen LogP contribution in [0.2, 0.25) is 0 Å². The van der Waals surface area contributed by atoms with E-state index in [4.69, 9.17) is 0 Å². The van der Waals surface area contributed by atoms with Crippen LogP contribution < -0.4 is 9.80 Å². The third-order valence-electron chi connectivity index (χ3n) is 14.1. The van der Waals surface area contributed by atoms with Gasteiger partial charge in [0.05, 0.1) is 0 Å². The van der Waals surface area contributed by atoms with Gasteiger partial charge < -0.3 is 9.80 Å². The zero-order chi connectivity index (χ0) is 39.6. The molecule has 8 aromatic carbocycles. The lowest BCUT2D eigenvalue weighted by molar-refractivity contribution is 0.229. The molecule has 0 spiro atoms. The minimum atomic E-state index is 0.452. The van der Waals surface area contributed by atoms with E-state index < -0.39 is 0 Å². The molecule has 0 saturated heterocycles. The number of thiophene rings is 1. The van der Waals surface area contributed by atoms with Gasteiger partial charge >= 0.3 is 0 Å². The maximum absolute atomic E-state index is 2.45. The number of benzene rings is 8. The molecule has 4 aliphatic carbocycles. The second kappa shape index (κ2) is 14.4. The Morgan fingerprint density at radius 3 is 1.30 bits per heavy atom. The van der Waals surface area contributed by atoms with Crippen molar-refractivity contribution in [2.24, 2.45) is 17.8 Å². The van der Waals surface area contributed by atoms with Gasteiger partial charge in [0.2, 0.25) is 0 Å². The molecule has 1 heterocycles. The molecule has 0 N–H and O–H groups in total. The van der Waals surface area contributed by atoms with Gasteiger partial charge in [0, 0.05) is 54.3 Å². The maximum atomic E-state index is 2.45. The standard InChI is InChI=1S/C57H46N2S/c1-3-9-47(10-4-1)58(49-25-17-41(18-26-49)40-15-23-46(24-16-40)57-36-39-33-44(37-57)45(34-39)38-57)50-27-19-42(20-28-50)43-21-29-51(30-22-43)59(48-11-5-2-6-12-48)52-31-32-56-54(35-52)53-13-7-8-14-55(53)60-56/h1-32,35,39,44-45H,33-34,36-38H2. The Hall–Kier alpha value is -6.42. The summed E-state index contributed by atoms with van der Waals surface area (Å²) in [6, 6.07) is 73.8. The number of fused-ring (bicyclic) bond motifs is 3. The first-order valence-electron chi connectivity index (χ1n) is 21.7. The molecule has 0 radical (unpaired) electrons. The summed E-state index contributed by atoms with van der Waals surface area (Å²) >= 11 is 1.86. The van der Waals surface area contributed by atoms with Crippen molar-refractivity contribution in [2.75, 3.05) is 9.80 Å². The highest BCUT2D eigenvalue weighted by Gasteiger charge is 2.56. The Bertz CT molecular complexity index is 2930. The molecule has 13 rings (SSSR count). The fourth-order valence-electron chi connectivity index (χ4n) is 11.5. The summed E-state index contributed by atoms with van der Waals surface area (Å²) in [5.41, 5.74) is 13.8. The number of hydrogen-bond donors (Lipinski definition) is 0. The lowest BCUT2D eigenvalue weighted by Crippen LogP contribution is -2.31. The van der Waals surface area contributed by atoms with E-state index in [2.05, 4.69) is 210 Å². The lowest BCUT2D eigenvalue weighted by atomic mass is 9.66. The van der Waals surface area contributed by atoms with Gasteiger partial charge in [-0.2, -0.15) is 0 Å². The van der Waals surface area contributed by atoms with Crippen molar-refractivity contribution < 1.29 is 0 Å². The van der Waals surface area contributed by atoms with Crippen LogP contribution in [0.1, 0.15) is 37.7 Å². The summed E-state index contributed by atoms with van der Waals surface area (Å²) in [5.74, 6) is 2.95. The third kappa shape index (κ3) is 6.14. The minimum absolute atomic E-state index is 0.452. The van der Waals surface area contributed by atoms with Gasteiger partial charge in [-0.05, 0) is 168 Å². The highest BCUT2D eigenvalue weighted by atomic mass is 32.1. The molecule has 4 bridgehead atoms. The van der Waals surface area contributed by atoms with Crippen LogP contribution in [0.25, 0.3) is 42.4 Å². The lowest BCUT2D eigenvalue weighted by Gasteiger charge is -2.39. The van der Waals surface area contributed by atoms with E-state index in [1.54, 1.807) is 5.56 Å². The first kappa shape index (κ1) is 35.5. The molecule has 3 heteroatoms. The predicted octanol–water partition coefficient (Wildman–Crippen LogP) is 16.4. The number of hydrogen-bond acceptors (Lipinski definition) is 3. The van der Waals surface area contributed by atoms with E-state index >= 15 is 0 Å². The van der Waals surface area contributed by atoms with Crippen molar-refractivity contribution in [3.63, 3.8) is 0 Å². The molecule has 4 saturated carbocycles. The van der Waals surface area contributed by atoms with Gasteiger partial charge in [-0.1, -0.05) is 115 Å². The molecule has 9 aromatic rings. The van der Waals surface area contributed by atoms with Gasteiger partial charge in [0.15, 0.2) is 0 Å². The molecule has 0 amide bonds. The van der Waals surface area contributed by atoms with E-state index in [9.17, 15) is 0 Å². The zero-order valence-electron chi connectivity index (χ0n) is 33.6. The first-order chi connectivity index (χ1) is 29.6. The van der Waals surface area contributed by atoms with Crippen LogP contribution in [-0.4, -0.2) is 0 Å². The van der Waals surface area contributed by atoms with E-state index in [0.29, 0.717) is 5.41 Å². The van der Waals surface area contributed by atoms with Crippen molar-refractivity contribution >= 4 is 65.6 Å². The summed E-state index contributed by atoms with van der Waals surface area (Å²) in [4.78, 5) is 4.72. The molecule has 4 fully saturated rings. The first-order valence-corrected chi connectivity index (χ1v) is 22.5. The van der Waals surface area contributed by atoms with E-state index in [-0.39, 0.29) is 0 Å². The highest BCUT2D eigenvalue weighted by Crippen LogP contribution is 2.64. The topological polar surface area (TPSA) is 6.48 Å². The average Bonchev–Trinajstić information content (AvgIpc) is 3.91. The van der Waals surface area contributed by atoms with Crippen LogP contribution in [0.4, 0.5) is 34.1 Å². The summed E-state index contributed by atoms with van der Waals surface area (Å²) in [6.07, 6.45) is 7.25. The Balaban J connectivity index is 0.815. The Labute approximate surface area is 357 Å². The molecule has 4 aliphatic rings. The molecule has 60 heavy (non-hydrogen) atoms. The highest BCUT2D eigenvalue weighted by molar-refractivity contribution is 7.25. The van der Waals surface area contributed by atoms with Crippen molar-refractivity contribution in [3.8, 4) is 22.3 Å². The Morgan fingerprint density at radius 1 is 0.367 bits per heavy atom. The number of nitrogens with zero attached hydrogens (tertiary/aromatic N) is 2. The van der Waals surface area contributed by atoms with Crippen molar-refractivity contribution in [1.29, 1.82) is 0 Å². The molecule has 0 aliphatic heterocycles. The molecule has 290 valence electrons. The number of para-hydroxylation sites is 2. The largest absolute Gasteiger partial charge is 0.311 e. The van der Waals surface area contributed by atoms with Crippen LogP contribution >= 0.6 is 11.3 Å². The monoisotopic (exact) mass is 790 g/mol. The van der Waals surface area contributed by atoms with Crippen LogP contribution in [-0.2, 0) is 5.41 Å². The van der Waals surface area contributed by atoms with Crippen LogP contribution in [0.5, 0.6) is 0 Å². The zero-order valence-corrected chi connectivity index (χ0v) is 34.4. The Morgan fingerprint density at radius 2 is 0.783 bits per heavy atom. The maximum Gasteiger partial charge on any atom is 0.0468 e. The summed E-state index contributed by atoms with van der Waals surface area (Å²) in [6.45, 7) is 0. The van der Waals surface area contributed by atoms with Crippen molar-refractivity contribution in [2.45, 2.75) is 37.5 Å². The second-order valence-electron chi connectivity index (χ2n) is 17.6. The van der Waals surface area contributed by atoms with Crippen LogP contribution in [0.15, 0.2) is 200 Å². The van der Waals surface area contributed by atoms with E-state index in [1.807, 2.05) is 11.3 Å². The third-order valence-corrected chi connectivity index (χ3v) is 15.3. The van der Waals surface area contributed by atoms with Crippen LogP contribution in [0.3, 0.4) is 0 Å². The fraction of sp³-hybridized carbons (Fsp3) is 0.158. The van der Waals surface area contributed by atoms with Gasteiger partial charge in [0.1, 0.15) is 0 Å². The minimum Gasteiger partial charge on any atom is -0.311 e. The Kier molecular flexibility index (Phi) is 8.52. The summed E-state index contributed by atoms with van der Waals surface area (Å²) in [7, 11) is 0. The SMILES string of the molecule is c1ccc(N(c2ccc(-c3ccc(N(c4ccccc4)c4ccc5sc6ccccc6c5c4)cc3)cc2)c2ccc(-c3ccc(C45CC6CC(C4)C(C6)C5)cc3)cc2)cc1. The van der Waals surface area contributed by atoms with E-state index in [0.717, 1.165) is 51.9 Å². The number of rotatable bonds is 9. The summed E-state index contributed by atoms with van der Waals surface area (Å²) in [5, 5.41) is 2.61. The van der Waals surface area contributed by atoms with Gasteiger partial charge in [-0.3, -0.25) is 0 Å². The quantitative estimate of drug-likeness (QED) is 0.144. The molecule has 1 aromatic heterocycles. The van der Waals surface area contributed by atoms with Gasteiger partial charge in [-0.25, -0.2) is 0 Å². The smallest absolute Gasteiger partial charge is 0.0468 e. The van der Waals surface area contributed by atoms with Crippen molar-refractivity contribution in [1.82, 2.24) is 0 Å². The normalized spacial score (nSPS) is 20.2. The molecular formula is C57H46N2S. The fourth-order valence-corrected chi connectivity index (χ4v) is 12.6. The van der Waals surface area contributed by atoms with Gasteiger partial charge in [0.25, 0.3) is 0 Å². The molecular weight excluding hydrogens is 745 g/mol. The second-order valence-corrected chi connectivity index (χ2v) is 18.7. The van der Waals surface area contributed by atoms with E-state index in [1.165, 1.54) is 74.5 Å². The van der Waals surface area contributed by atoms with Crippen molar-refractivity contribution in [3.05, 3.63) is 206 Å². The molecule has 2 unspecified atom stereocenters. The molecule has 2 nitrogen and oxygen atoms in total.